The largest absolute Gasteiger partial charge is 0.468 e. The standard InChI is InChI=1S/C20H23N5O2/c1-15-19(23-25(22-15)16-8-3-2-4-9-16)20(26)21-14-17(18-10-7-13-27-18)24-11-5-6-12-24/h2-4,7-10,13,17H,5-6,11-12,14H2,1H3,(H,21,26)/t17-/m0/s1. The van der Waals surface area contributed by atoms with E-state index in [1.54, 1.807) is 13.2 Å². The van der Waals surface area contributed by atoms with Gasteiger partial charge in [-0.15, -0.1) is 5.10 Å². The van der Waals surface area contributed by atoms with Crippen molar-refractivity contribution in [1.29, 1.82) is 0 Å². The molecule has 27 heavy (non-hydrogen) atoms. The van der Waals surface area contributed by atoms with E-state index in [1.807, 2.05) is 42.5 Å². The van der Waals surface area contributed by atoms with Crippen molar-refractivity contribution in [2.24, 2.45) is 0 Å². The highest BCUT2D eigenvalue weighted by atomic mass is 16.3. The number of likely N-dealkylation sites (tertiary alicyclic amines) is 1. The van der Waals surface area contributed by atoms with Gasteiger partial charge in [0.1, 0.15) is 5.76 Å². The first-order chi connectivity index (χ1) is 13.2. The van der Waals surface area contributed by atoms with Gasteiger partial charge in [0.05, 0.1) is 23.7 Å². The van der Waals surface area contributed by atoms with Gasteiger partial charge in [-0.3, -0.25) is 9.69 Å². The number of hydrogen-bond acceptors (Lipinski definition) is 5. The molecule has 0 bridgehead atoms. The summed E-state index contributed by atoms with van der Waals surface area (Å²) in [5, 5.41) is 11.8. The van der Waals surface area contributed by atoms with Gasteiger partial charge in [0.2, 0.25) is 0 Å². The Morgan fingerprint density at radius 3 is 2.63 bits per heavy atom. The summed E-state index contributed by atoms with van der Waals surface area (Å²) in [7, 11) is 0. The second-order valence-electron chi connectivity index (χ2n) is 6.74. The number of amides is 1. The zero-order chi connectivity index (χ0) is 18.6. The molecule has 1 aromatic carbocycles. The van der Waals surface area contributed by atoms with Crippen molar-refractivity contribution in [2.75, 3.05) is 19.6 Å². The first kappa shape index (κ1) is 17.5. The number of para-hydroxylation sites is 1. The quantitative estimate of drug-likeness (QED) is 0.727. The van der Waals surface area contributed by atoms with Gasteiger partial charge in [-0.25, -0.2) is 0 Å². The lowest BCUT2D eigenvalue weighted by Crippen LogP contribution is -2.37. The molecule has 0 aliphatic carbocycles. The van der Waals surface area contributed by atoms with Gasteiger partial charge < -0.3 is 9.73 Å². The summed E-state index contributed by atoms with van der Waals surface area (Å²) >= 11 is 0. The lowest BCUT2D eigenvalue weighted by Gasteiger charge is -2.25. The Morgan fingerprint density at radius 1 is 1.15 bits per heavy atom. The molecule has 1 atom stereocenters. The molecule has 1 saturated heterocycles. The maximum atomic E-state index is 12.7. The lowest BCUT2D eigenvalue weighted by atomic mass is 10.2. The van der Waals surface area contributed by atoms with Crippen LogP contribution in [0, 0.1) is 6.92 Å². The molecule has 4 rings (SSSR count). The predicted molar refractivity (Wildman–Crippen MR) is 101 cm³/mol. The van der Waals surface area contributed by atoms with E-state index in [0.29, 0.717) is 17.9 Å². The third-order valence-corrected chi connectivity index (χ3v) is 4.89. The van der Waals surface area contributed by atoms with Gasteiger partial charge >= 0.3 is 0 Å². The van der Waals surface area contributed by atoms with Crippen LogP contribution in [0.5, 0.6) is 0 Å². The molecule has 2 aromatic heterocycles. The number of hydrogen-bond donors (Lipinski definition) is 1. The van der Waals surface area contributed by atoms with E-state index in [9.17, 15) is 4.79 Å². The second-order valence-corrected chi connectivity index (χ2v) is 6.74. The van der Waals surface area contributed by atoms with Gasteiger partial charge in [-0.2, -0.15) is 9.90 Å². The molecule has 1 aliphatic heterocycles. The first-order valence-electron chi connectivity index (χ1n) is 9.27. The summed E-state index contributed by atoms with van der Waals surface area (Å²) in [6, 6.07) is 13.5. The van der Waals surface area contributed by atoms with Gasteiger partial charge in [0.25, 0.3) is 5.91 Å². The maximum Gasteiger partial charge on any atom is 0.273 e. The zero-order valence-corrected chi connectivity index (χ0v) is 15.3. The maximum absolute atomic E-state index is 12.7. The number of benzene rings is 1. The Morgan fingerprint density at radius 2 is 1.93 bits per heavy atom. The number of carbonyl (C=O) groups is 1. The second kappa shape index (κ2) is 7.75. The Bertz CT molecular complexity index is 883. The van der Waals surface area contributed by atoms with E-state index < -0.39 is 0 Å². The van der Waals surface area contributed by atoms with Crippen LogP contribution in [0.1, 0.15) is 40.8 Å². The van der Waals surface area contributed by atoms with Crippen molar-refractivity contribution < 1.29 is 9.21 Å². The number of furan rings is 1. The smallest absolute Gasteiger partial charge is 0.273 e. The third-order valence-electron chi connectivity index (χ3n) is 4.89. The molecule has 3 heterocycles. The van der Waals surface area contributed by atoms with Gasteiger partial charge in [0, 0.05) is 6.54 Å². The minimum absolute atomic E-state index is 0.0379. The zero-order valence-electron chi connectivity index (χ0n) is 15.3. The topological polar surface area (TPSA) is 76.2 Å². The van der Waals surface area contributed by atoms with Crippen molar-refractivity contribution in [3.8, 4) is 5.69 Å². The summed E-state index contributed by atoms with van der Waals surface area (Å²) in [5.74, 6) is 0.660. The number of aromatic nitrogens is 3. The van der Waals surface area contributed by atoms with Crippen LogP contribution in [0.25, 0.3) is 5.69 Å². The average Bonchev–Trinajstić information content (AvgIpc) is 3.45. The van der Waals surface area contributed by atoms with E-state index in [1.165, 1.54) is 17.6 Å². The molecule has 1 aliphatic rings. The number of rotatable bonds is 6. The lowest BCUT2D eigenvalue weighted by molar-refractivity contribution is 0.0927. The van der Waals surface area contributed by atoms with Crippen LogP contribution in [-0.2, 0) is 0 Å². The van der Waals surface area contributed by atoms with Crippen LogP contribution in [0.3, 0.4) is 0 Å². The highest BCUT2D eigenvalue weighted by Crippen LogP contribution is 2.25. The molecule has 7 nitrogen and oxygen atoms in total. The number of carbonyl (C=O) groups excluding carboxylic acids is 1. The Hall–Kier alpha value is -2.93. The predicted octanol–water partition coefficient (Wildman–Crippen LogP) is 2.74. The van der Waals surface area contributed by atoms with E-state index >= 15 is 0 Å². The first-order valence-corrected chi connectivity index (χ1v) is 9.27. The van der Waals surface area contributed by atoms with Crippen molar-refractivity contribution in [3.05, 3.63) is 65.9 Å². The third kappa shape index (κ3) is 3.78. The fourth-order valence-corrected chi connectivity index (χ4v) is 3.48. The molecule has 7 heteroatoms. The van der Waals surface area contributed by atoms with Crippen LogP contribution in [-0.4, -0.2) is 45.4 Å². The molecule has 1 N–H and O–H groups in total. The van der Waals surface area contributed by atoms with Crippen LogP contribution in [0.15, 0.2) is 53.1 Å². The molecule has 1 fully saturated rings. The summed E-state index contributed by atoms with van der Waals surface area (Å²) < 4.78 is 5.61. The minimum Gasteiger partial charge on any atom is -0.468 e. The Balaban J connectivity index is 1.48. The number of nitrogens with one attached hydrogen (secondary N) is 1. The summed E-state index contributed by atoms with van der Waals surface area (Å²) in [4.78, 5) is 16.6. The Labute approximate surface area is 158 Å². The highest BCUT2D eigenvalue weighted by molar-refractivity contribution is 5.93. The molecular formula is C20H23N5O2. The van der Waals surface area contributed by atoms with Crippen LogP contribution >= 0.6 is 0 Å². The van der Waals surface area contributed by atoms with Gasteiger partial charge in [-0.05, 0) is 57.1 Å². The number of nitrogens with zero attached hydrogens (tertiary/aromatic N) is 4. The molecule has 3 aromatic rings. The van der Waals surface area contributed by atoms with Crippen molar-refractivity contribution in [3.63, 3.8) is 0 Å². The minimum atomic E-state index is -0.217. The molecule has 0 radical (unpaired) electrons. The van der Waals surface area contributed by atoms with Gasteiger partial charge in [0.15, 0.2) is 5.69 Å². The van der Waals surface area contributed by atoms with Crippen molar-refractivity contribution in [2.45, 2.75) is 25.8 Å². The van der Waals surface area contributed by atoms with Crippen LogP contribution in [0.4, 0.5) is 0 Å². The fraction of sp³-hybridized carbons (Fsp3) is 0.350. The average molecular weight is 365 g/mol. The summed E-state index contributed by atoms with van der Waals surface area (Å²) in [5.41, 5.74) is 1.77. The van der Waals surface area contributed by atoms with Crippen LogP contribution < -0.4 is 5.32 Å². The molecule has 0 unspecified atom stereocenters. The molecular weight excluding hydrogens is 342 g/mol. The van der Waals surface area contributed by atoms with E-state index in [4.69, 9.17) is 4.42 Å². The Kier molecular flexibility index (Phi) is 5.02. The molecule has 0 saturated carbocycles. The normalized spacial score (nSPS) is 15.7. The highest BCUT2D eigenvalue weighted by Gasteiger charge is 2.27. The molecule has 0 spiro atoms. The number of aryl methyl sites for hydroxylation is 1. The summed E-state index contributed by atoms with van der Waals surface area (Å²) in [6.45, 7) is 4.31. The SMILES string of the molecule is Cc1nn(-c2ccccc2)nc1C(=O)NC[C@@H](c1ccco1)N1CCCC1. The van der Waals surface area contributed by atoms with Gasteiger partial charge in [-0.1, -0.05) is 18.2 Å². The fourth-order valence-electron chi connectivity index (χ4n) is 3.48. The molecule has 140 valence electrons. The summed E-state index contributed by atoms with van der Waals surface area (Å²) in [6.07, 6.45) is 4.03. The van der Waals surface area contributed by atoms with E-state index in [2.05, 4.69) is 20.4 Å². The van der Waals surface area contributed by atoms with Crippen molar-refractivity contribution in [1.82, 2.24) is 25.2 Å². The van der Waals surface area contributed by atoms with Crippen LogP contribution in [0.2, 0.25) is 0 Å². The molecule has 1 amide bonds. The monoisotopic (exact) mass is 365 g/mol. The van der Waals surface area contributed by atoms with Crippen molar-refractivity contribution >= 4 is 5.91 Å². The van der Waals surface area contributed by atoms with E-state index in [-0.39, 0.29) is 11.9 Å². The van der Waals surface area contributed by atoms with E-state index in [0.717, 1.165) is 24.5 Å².